The van der Waals surface area contributed by atoms with Crippen LogP contribution in [-0.2, 0) is 19.1 Å². The highest BCUT2D eigenvalue weighted by molar-refractivity contribution is 6.15. The summed E-state index contributed by atoms with van der Waals surface area (Å²) in [6, 6.07) is 7.75. The lowest BCUT2D eigenvalue weighted by atomic mass is 10.0. The van der Waals surface area contributed by atoms with E-state index in [4.69, 9.17) is 9.47 Å². The van der Waals surface area contributed by atoms with Crippen molar-refractivity contribution in [1.82, 2.24) is 0 Å². The van der Waals surface area contributed by atoms with Crippen LogP contribution in [0.5, 0.6) is 0 Å². The van der Waals surface area contributed by atoms with Crippen LogP contribution in [0, 0.1) is 0 Å². The maximum absolute atomic E-state index is 11.8. The first-order chi connectivity index (χ1) is 9.78. The highest BCUT2D eigenvalue weighted by Gasteiger charge is 2.38. The summed E-state index contributed by atoms with van der Waals surface area (Å²) in [5, 5.41) is 2.90. The van der Waals surface area contributed by atoms with Crippen LogP contribution in [0.4, 0.5) is 5.69 Å². The zero-order valence-corrected chi connectivity index (χ0v) is 12.6. The highest BCUT2D eigenvalue weighted by Crippen LogP contribution is 2.23. The molecule has 1 aliphatic rings. The topological polar surface area (TPSA) is 64.6 Å². The summed E-state index contributed by atoms with van der Waals surface area (Å²) in [4.78, 5) is 23.5. The van der Waals surface area contributed by atoms with Crippen molar-refractivity contribution in [3.05, 3.63) is 41.6 Å². The predicted octanol–water partition coefficient (Wildman–Crippen LogP) is 2.94. The van der Waals surface area contributed by atoms with Gasteiger partial charge in [-0.25, -0.2) is 9.59 Å². The molecule has 0 radical (unpaired) electrons. The van der Waals surface area contributed by atoms with Crippen LogP contribution in [0.15, 0.2) is 36.0 Å². The normalized spacial score (nSPS) is 17.3. The quantitative estimate of drug-likeness (QED) is 0.526. The molecule has 0 aromatic heterocycles. The summed E-state index contributed by atoms with van der Waals surface area (Å²) in [7, 11) is 0. The minimum absolute atomic E-state index is 0.151. The van der Waals surface area contributed by atoms with E-state index in [2.05, 4.69) is 19.2 Å². The van der Waals surface area contributed by atoms with Gasteiger partial charge in [0.2, 0.25) is 0 Å². The highest BCUT2D eigenvalue weighted by atomic mass is 16.7. The van der Waals surface area contributed by atoms with Crippen LogP contribution in [0.2, 0.25) is 0 Å². The summed E-state index contributed by atoms with van der Waals surface area (Å²) in [6.45, 7) is 7.25. The molecule has 1 aliphatic heterocycles. The molecule has 0 bridgehead atoms. The third-order valence-corrected chi connectivity index (χ3v) is 3.08. The number of rotatable bonds is 3. The average molecular weight is 289 g/mol. The third-order valence-electron chi connectivity index (χ3n) is 3.08. The van der Waals surface area contributed by atoms with Crippen LogP contribution in [0.1, 0.15) is 39.2 Å². The number of nitrogens with one attached hydrogen (secondary N) is 1. The average Bonchev–Trinajstić information content (AvgIpc) is 2.36. The second-order valence-corrected chi connectivity index (χ2v) is 5.66. The number of esters is 2. The van der Waals surface area contributed by atoms with Gasteiger partial charge in [0.25, 0.3) is 5.79 Å². The molecule has 0 aliphatic carbocycles. The van der Waals surface area contributed by atoms with Gasteiger partial charge < -0.3 is 14.8 Å². The van der Waals surface area contributed by atoms with Crippen molar-refractivity contribution in [3.8, 4) is 0 Å². The van der Waals surface area contributed by atoms with Crippen molar-refractivity contribution in [3.63, 3.8) is 0 Å². The van der Waals surface area contributed by atoms with E-state index >= 15 is 0 Å². The molecule has 1 N–H and O–H groups in total. The first-order valence-electron chi connectivity index (χ1n) is 6.82. The Labute approximate surface area is 123 Å². The molecule has 0 unspecified atom stereocenters. The van der Waals surface area contributed by atoms with E-state index in [0.717, 1.165) is 5.69 Å². The maximum Gasteiger partial charge on any atom is 0.350 e. The number of benzene rings is 1. The predicted molar refractivity (Wildman–Crippen MR) is 78.5 cm³/mol. The Balaban J connectivity index is 2.10. The molecule has 0 amide bonds. The van der Waals surface area contributed by atoms with E-state index in [1.165, 1.54) is 25.6 Å². The molecule has 1 aromatic carbocycles. The van der Waals surface area contributed by atoms with Crippen molar-refractivity contribution < 1.29 is 19.1 Å². The fourth-order valence-electron chi connectivity index (χ4n) is 1.90. The van der Waals surface area contributed by atoms with Gasteiger partial charge in [-0.05, 0) is 23.6 Å². The molecule has 1 aromatic rings. The van der Waals surface area contributed by atoms with Gasteiger partial charge in [0.1, 0.15) is 0 Å². The minimum atomic E-state index is -1.22. The lowest BCUT2D eigenvalue weighted by Crippen LogP contribution is -2.42. The lowest BCUT2D eigenvalue weighted by molar-refractivity contribution is -0.222. The fraction of sp³-hybridized carbons (Fsp3) is 0.375. The Kier molecular flexibility index (Phi) is 4.02. The Morgan fingerprint density at radius 1 is 1.05 bits per heavy atom. The molecule has 2 rings (SSSR count). The van der Waals surface area contributed by atoms with E-state index in [-0.39, 0.29) is 5.57 Å². The molecule has 1 heterocycles. The zero-order valence-electron chi connectivity index (χ0n) is 12.6. The van der Waals surface area contributed by atoms with E-state index in [9.17, 15) is 9.59 Å². The number of ether oxygens (including phenoxy) is 2. The Morgan fingerprint density at radius 3 is 2.05 bits per heavy atom. The molecule has 21 heavy (non-hydrogen) atoms. The van der Waals surface area contributed by atoms with E-state index in [0.29, 0.717) is 5.92 Å². The summed E-state index contributed by atoms with van der Waals surface area (Å²) >= 11 is 0. The maximum atomic E-state index is 11.8. The van der Waals surface area contributed by atoms with Gasteiger partial charge in [-0.3, -0.25) is 0 Å². The third kappa shape index (κ3) is 3.62. The fourth-order valence-corrected chi connectivity index (χ4v) is 1.90. The Hall–Kier alpha value is -2.30. The monoisotopic (exact) mass is 289 g/mol. The summed E-state index contributed by atoms with van der Waals surface area (Å²) < 4.78 is 10.0. The molecule has 112 valence electrons. The second kappa shape index (κ2) is 5.60. The Morgan fingerprint density at radius 2 is 1.57 bits per heavy atom. The Bertz CT molecular complexity index is 563. The van der Waals surface area contributed by atoms with Gasteiger partial charge >= 0.3 is 11.9 Å². The van der Waals surface area contributed by atoms with Gasteiger partial charge in [-0.1, -0.05) is 26.0 Å². The molecule has 1 fully saturated rings. The second-order valence-electron chi connectivity index (χ2n) is 5.66. The van der Waals surface area contributed by atoms with Gasteiger partial charge in [0, 0.05) is 25.7 Å². The van der Waals surface area contributed by atoms with Gasteiger partial charge in [0.05, 0.1) is 0 Å². The van der Waals surface area contributed by atoms with E-state index in [1.807, 2.05) is 24.3 Å². The summed E-state index contributed by atoms with van der Waals surface area (Å²) in [5.74, 6) is -2.15. The van der Waals surface area contributed by atoms with Crippen molar-refractivity contribution >= 4 is 17.6 Å². The zero-order chi connectivity index (χ0) is 15.6. The first kappa shape index (κ1) is 15.1. The van der Waals surface area contributed by atoms with E-state index in [1.54, 1.807) is 0 Å². The minimum Gasteiger partial charge on any atom is -0.419 e. The van der Waals surface area contributed by atoms with Gasteiger partial charge in [0.15, 0.2) is 5.57 Å². The van der Waals surface area contributed by atoms with Gasteiger partial charge in [-0.15, -0.1) is 0 Å². The largest absolute Gasteiger partial charge is 0.419 e. The van der Waals surface area contributed by atoms with Crippen LogP contribution in [0.25, 0.3) is 0 Å². The molecule has 0 saturated carbocycles. The van der Waals surface area contributed by atoms with Crippen LogP contribution in [0.3, 0.4) is 0 Å². The van der Waals surface area contributed by atoms with Crippen molar-refractivity contribution in [2.24, 2.45) is 0 Å². The SMILES string of the molecule is CC(C)c1ccc(NC=C2C(=O)OC(C)(C)OC2=O)cc1. The molecule has 5 nitrogen and oxygen atoms in total. The first-order valence-corrected chi connectivity index (χ1v) is 6.82. The summed E-state index contributed by atoms with van der Waals surface area (Å²) in [6.07, 6.45) is 1.31. The van der Waals surface area contributed by atoms with E-state index < -0.39 is 17.7 Å². The molecule has 0 atom stereocenters. The number of cyclic esters (lactones) is 2. The van der Waals surface area contributed by atoms with Gasteiger partial charge in [-0.2, -0.15) is 0 Å². The van der Waals surface area contributed by atoms with Crippen LogP contribution in [-0.4, -0.2) is 17.7 Å². The molecular weight excluding hydrogens is 270 g/mol. The lowest BCUT2D eigenvalue weighted by Gasteiger charge is -2.29. The van der Waals surface area contributed by atoms with Crippen molar-refractivity contribution in [2.75, 3.05) is 5.32 Å². The molecular formula is C16H19NO4. The number of hydrogen-bond donors (Lipinski definition) is 1. The van der Waals surface area contributed by atoms with Crippen LogP contribution >= 0.6 is 0 Å². The van der Waals surface area contributed by atoms with Crippen molar-refractivity contribution in [2.45, 2.75) is 39.4 Å². The summed E-state index contributed by atoms with van der Waals surface area (Å²) in [5.41, 5.74) is 1.84. The van der Waals surface area contributed by atoms with Crippen LogP contribution < -0.4 is 5.32 Å². The molecule has 0 spiro atoms. The number of carbonyl (C=O) groups is 2. The number of carbonyl (C=O) groups excluding carboxylic acids is 2. The van der Waals surface area contributed by atoms with Crippen molar-refractivity contribution in [1.29, 1.82) is 0 Å². The smallest absolute Gasteiger partial charge is 0.350 e. The number of hydrogen-bond acceptors (Lipinski definition) is 5. The molecule has 1 saturated heterocycles. The molecule has 5 heteroatoms. The standard InChI is InChI=1S/C16H19NO4/c1-10(2)11-5-7-12(8-6-11)17-9-13-14(18)20-16(3,4)21-15(13)19/h5-10,17H,1-4H3. The number of anilines is 1.